The molecule has 1 aromatic rings. The molecule has 1 heterocycles. The third-order valence-electron chi connectivity index (χ3n) is 3.64. The first-order chi connectivity index (χ1) is 10.0. The van der Waals surface area contributed by atoms with Crippen LogP contribution in [0.2, 0.25) is 0 Å². The predicted molar refractivity (Wildman–Crippen MR) is 79.8 cm³/mol. The minimum absolute atomic E-state index is 0.186. The van der Waals surface area contributed by atoms with Crippen LogP contribution in [0.5, 0.6) is 0 Å². The van der Waals surface area contributed by atoms with Crippen molar-refractivity contribution < 1.29 is 13.9 Å². The first-order valence-electron chi connectivity index (χ1n) is 7.24. The SMILES string of the molecule is CCOC(=O)N1CCN(c2ccc(C(C)N)cc2F)CC1. The van der Waals surface area contributed by atoms with Crippen molar-refractivity contribution in [3.63, 3.8) is 0 Å². The molecule has 1 saturated heterocycles. The first kappa shape index (κ1) is 15.6. The summed E-state index contributed by atoms with van der Waals surface area (Å²) < 4.78 is 19.1. The second-order valence-corrected chi connectivity index (χ2v) is 5.17. The van der Waals surface area contributed by atoms with Crippen molar-refractivity contribution in [1.29, 1.82) is 0 Å². The van der Waals surface area contributed by atoms with Crippen LogP contribution in [0.3, 0.4) is 0 Å². The average Bonchev–Trinajstić information content (AvgIpc) is 2.47. The van der Waals surface area contributed by atoms with Gasteiger partial charge in [0.05, 0.1) is 12.3 Å². The maximum Gasteiger partial charge on any atom is 0.409 e. The second kappa shape index (κ2) is 6.76. The van der Waals surface area contributed by atoms with Gasteiger partial charge in [-0.25, -0.2) is 9.18 Å². The molecule has 116 valence electrons. The number of rotatable bonds is 3. The lowest BCUT2D eigenvalue weighted by molar-refractivity contribution is 0.105. The van der Waals surface area contributed by atoms with Gasteiger partial charge in [0.25, 0.3) is 0 Å². The normalized spacial score (nSPS) is 16.8. The Balaban J connectivity index is 2.01. The smallest absolute Gasteiger partial charge is 0.409 e. The summed E-state index contributed by atoms with van der Waals surface area (Å²) in [5.41, 5.74) is 7.09. The number of ether oxygens (including phenoxy) is 1. The molecule has 21 heavy (non-hydrogen) atoms. The van der Waals surface area contributed by atoms with Gasteiger partial charge in [0.1, 0.15) is 5.82 Å². The van der Waals surface area contributed by atoms with E-state index in [0.717, 1.165) is 5.56 Å². The van der Waals surface area contributed by atoms with Gasteiger partial charge in [-0.2, -0.15) is 0 Å². The summed E-state index contributed by atoms with van der Waals surface area (Å²) in [5, 5.41) is 0. The number of anilines is 1. The molecule has 6 heteroatoms. The molecule has 1 atom stereocenters. The van der Waals surface area contributed by atoms with E-state index in [1.54, 1.807) is 17.9 Å². The second-order valence-electron chi connectivity index (χ2n) is 5.17. The van der Waals surface area contributed by atoms with Crippen molar-refractivity contribution in [3.05, 3.63) is 29.6 Å². The number of amides is 1. The van der Waals surface area contributed by atoms with Crippen molar-refractivity contribution in [2.45, 2.75) is 19.9 Å². The highest BCUT2D eigenvalue weighted by molar-refractivity contribution is 5.68. The summed E-state index contributed by atoms with van der Waals surface area (Å²) in [6.07, 6.45) is -0.301. The van der Waals surface area contributed by atoms with E-state index in [0.29, 0.717) is 38.5 Å². The molecule has 1 aromatic carbocycles. The Morgan fingerprint density at radius 3 is 2.57 bits per heavy atom. The zero-order valence-corrected chi connectivity index (χ0v) is 12.5. The molecule has 1 unspecified atom stereocenters. The standard InChI is InChI=1S/C15H22FN3O2/c1-3-21-15(20)19-8-6-18(7-9-19)14-5-4-12(11(2)17)10-13(14)16/h4-5,10-11H,3,6-9,17H2,1-2H3. The largest absolute Gasteiger partial charge is 0.450 e. The molecule has 1 amide bonds. The summed E-state index contributed by atoms with van der Waals surface area (Å²) in [6, 6.07) is 4.90. The van der Waals surface area contributed by atoms with Crippen LogP contribution in [0.15, 0.2) is 18.2 Å². The van der Waals surface area contributed by atoms with Crippen molar-refractivity contribution in [3.8, 4) is 0 Å². The summed E-state index contributed by atoms with van der Waals surface area (Å²) in [4.78, 5) is 15.2. The fourth-order valence-electron chi connectivity index (χ4n) is 2.41. The van der Waals surface area contributed by atoms with E-state index in [2.05, 4.69) is 0 Å². The highest BCUT2D eigenvalue weighted by Gasteiger charge is 2.23. The summed E-state index contributed by atoms with van der Waals surface area (Å²) in [5.74, 6) is -0.269. The van der Waals surface area contributed by atoms with E-state index < -0.39 is 0 Å². The van der Waals surface area contributed by atoms with Crippen molar-refractivity contribution in [2.75, 3.05) is 37.7 Å². The van der Waals surface area contributed by atoms with Gasteiger partial charge >= 0.3 is 6.09 Å². The molecule has 1 fully saturated rings. The van der Waals surface area contributed by atoms with Gasteiger partial charge in [-0.1, -0.05) is 6.07 Å². The Morgan fingerprint density at radius 2 is 2.05 bits per heavy atom. The zero-order valence-electron chi connectivity index (χ0n) is 12.5. The predicted octanol–water partition coefficient (Wildman–Crippen LogP) is 2.12. The Hall–Kier alpha value is -1.82. The third kappa shape index (κ3) is 3.64. The van der Waals surface area contributed by atoms with Crippen LogP contribution in [0.1, 0.15) is 25.5 Å². The lowest BCUT2D eigenvalue weighted by Gasteiger charge is -2.35. The van der Waals surface area contributed by atoms with Gasteiger partial charge in [0, 0.05) is 32.2 Å². The molecular formula is C15H22FN3O2. The van der Waals surface area contributed by atoms with Crippen molar-refractivity contribution >= 4 is 11.8 Å². The number of nitrogens with two attached hydrogens (primary N) is 1. The Kier molecular flexibility index (Phi) is 5.01. The van der Waals surface area contributed by atoms with E-state index in [1.807, 2.05) is 17.9 Å². The van der Waals surface area contributed by atoms with Crippen LogP contribution in [0.4, 0.5) is 14.9 Å². The monoisotopic (exact) mass is 295 g/mol. The fourth-order valence-corrected chi connectivity index (χ4v) is 2.41. The summed E-state index contributed by atoms with van der Waals surface area (Å²) >= 11 is 0. The van der Waals surface area contributed by atoms with E-state index in [9.17, 15) is 9.18 Å². The number of hydrogen-bond donors (Lipinski definition) is 1. The summed E-state index contributed by atoms with van der Waals surface area (Å²) in [7, 11) is 0. The van der Waals surface area contributed by atoms with E-state index >= 15 is 0 Å². The molecule has 5 nitrogen and oxygen atoms in total. The maximum atomic E-state index is 14.2. The average molecular weight is 295 g/mol. The van der Waals surface area contributed by atoms with Gasteiger partial charge in [-0.05, 0) is 31.5 Å². The van der Waals surface area contributed by atoms with E-state index in [4.69, 9.17) is 10.5 Å². The minimum atomic E-state index is -0.301. The molecule has 1 aliphatic rings. The van der Waals surface area contributed by atoms with Crippen LogP contribution >= 0.6 is 0 Å². The molecule has 0 aromatic heterocycles. The lowest BCUT2D eigenvalue weighted by atomic mass is 10.1. The van der Waals surface area contributed by atoms with Gasteiger partial charge in [0.15, 0.2) is 0 Å². The number of benzene rings is 1. The Labute approximate surface area is 124 Å². The van der Waals surface area contributed by atoms with E-state index in [-0.39, 0.29) is 18.0 Å². The van der Waals surface area contributed by atoms with Gasteiger partial charge < -0.3 is 20.3 Å². The topological polar surface area (TPSA) is 58.8 Å². The molecular weight excluding hydrogens is 273 g/mol. The number of halogens is 1. The molecule has 2 rings (SSSR count). The van der Waals surface area contributed by atoms with Crippen LogP contribution in [-0.4, -0.2) is 43.8 Å². The molecule has 0 bridgehead atoms. The van der Waals surface area contributed by atoms with Crippen LogP contribution in [-0.2, 0) is 4.74 Å². The molecule has 0 radical (unpaired) electrons. The molecule has 0 aliphatic carbocycles. The van der Waals surface area contributed by atoms with Crippen molar-refractivity contribution in [2.24, 2.45) is 5.73 Å². The van der Waals surface area contributed by atoms with Crippen molar-refractivity contribution in [1.82, 2.24) is 4.90 Å². The molecule has 1 aliphatic heterocycles. The Bertz CT molecular complexity index is 500. The summed E-state index contributed by atoms with van der Waals surface area (Å²) in [6.45, 7) is 6.23. The zero-order chi connectivity index (χ0) is 15.4. The van der Waals surface area contributed by atoms with E-state index in [1.165, 1.54) is 6.07 Å². The number of hydrogen-bond acceptors (Lipinski definition) is 4. The molecule has 0 saturated carbocycles. The van der Waals surface area contributed by atoms with Crippen LogP contribution in [0.25, 0.3) is 0 Å². The highest BCUT2D eigenvalue weighted by Crippen LogP contribution is 2.24. The highest BCUT2D eigenvalue weighted by atomic mass is 19.1. The number of carbonyl (C=O) groups excluding carboxylic acids is 1. The number of piperazine rings is 1. The maximum absolute atomic E-state index is 14.2. The van der Waals surface area contributed by atoms with Gasteiger partial charge in [-0.15, -0.1) is 0 Å². The Morgan fingerprint density at radius 1 is 1.38 bits per heavy atom. The number of carbonyl (C=O) groups is 1. The first-order valence-corrected chi connectivity index (χ1v) is 7.24. The number of nitrogens with zero attached hydrogens (tertiary/aromatic N) is 2. The van der Waals surface area contributed by atoms with Gasteiger partial charge in [-0.3, -0.25) is 0 Å². The van der Waals surface area contributed by atoms with Crippen LogP contribution in [0, 0.1) is 5.82 Å². The lowest BCUT2D eigenvalue weighted by Crippen LogP contribution is -2.49. The van der Waals surface area contributed by atoms with Gasteiger partial charge in [0.2, 0.25) is 0 Å². The quantitative estimate of drug-likeness (QED) is 0.928. The molecule has 2 N–H and O–H groups in total. The minimum Gasteiger partial charge on any atom is -0.450 e. The fraction of sp³-hybridized carbons (Fsp3) is 0.533. The van der Waals surface area contributed by atoms with Crippen LogP contribution < -0.4 is 10.6 Å². The third-order valence-corrected chi connectivity index (χ3v) is 3.64. The molecule has 0 spiro atoms.